The summed E-state index contributed by atoms with van der Waals surface area (Å²) in [7, 11) is -3.62. The first-order valence-electron chi connectivity index (χ1n) is 7.61. The fourth-order valence-electron chi connectivity index (χ4n) is 3.20. The van der Waals surface area contributed by atoms with Gasteiger partial charge >= 0.3 is 0 Å². The van der Waals surface area contributed by atoms with Gasteiger partial charge in [0.05, 0.1) is 4.90 Å². The van der Waals surface area contributed by atoms with Crippen LogP contribution in [0.1, 0.15) is 19.3 Å². The van der Waals surface area contributed by atoms with E-state index in [4.69, 9.17) is 5.73 Å². The summed E-state index contributed by atoms with van der Waals surface area (Å²) in [5.41, 5.74) is 5.85. The topological polar surface area (TPSA) is 83.7 Å². The van der Waals surface area contributed by atoms with Crippen LogP contribution in [-0.2, 0) is 14.8 Å². The monoisotopic (exact) mass is 359 g/mol. The Morgan fingerprint density at radius 1 is 1.13 bits per heavy atom. The van der Waals surface area contributed by atoms with E-state index in [0.29, 0.717) is 32.5 Å². The number of carbonyl (C=O) groups is 1. The second kappa shape index (κ2) is 7.17. The Kier molecular flexibility index (Phi) is 5.67. The van der Waals surface area contributed by atoms with E-state index in [9.17, 15) is 13.2 Å². The Morgan fingerprint density at radius 2 is 1.83 bits per heavy atom. The normalized spacial score (nSPS) is 25.3. The molecule has 1 aromatic rings. The first kappa shape index (κ1) is 18.2. The Balaban J connectivity index is 0.00000192. The molecule has 2 N–H and O–H groups in total. The third-order valence-corrected chi connectivity index (χ3v) is 6.30. The number of sulfonamides is 1. The molecule has 0 aliphatic carbocycles. The van der Waals surface area contributed by atoms with Gasteiger partial charge in [0.25, 0.3) is 0 Å². The predicted octanol–water partition coefficient (Wildman–Crippen LogP) is 0.821. The third-order valence-electron chi connectivity index (χ3n) is 4.37. The first-order valence-corrected chi connectivity index (χ1v) is 9.05. The summed E-state index contributed by atoms with van der Waals surface area (Å²) in [6.45, 7) is 1.54. The Morgan fingerprint density at radius 3 is 2.43 bits per heavy atom. The van der Waals surface area contributed by atoms with Crippen LogP contribution in [0.25, 0.3) is 0 Å². The van der Waals surface area contributed by atoms with Gasteiger partial charge in [-0.15, -0.1) is 12.4 Å². The van der Waals surface area contributed by atoms with Gasteiger partial charge in [-0.1, -0.05) is 18.2 Å². The van der Waals surface area contributed by atoms with E-state index < -0.39 is 16.1 Å². The molecule has 1 unspecified atom stereocenters. The highest BCUT2D eigenvalue weighted by Crippen LogP contribution is 2.28. The van der Waals surface area contributed by atoms with Gasteiger partial charge in [0.2, 0.25) is 15.9 Å². The average Bonchev–Trinajstić information content (AvgIpc) is 3.16. The van der Waals surface area contributed by atoms with Crippen LogP contribution in [0.2, 0.25) is 0 Å². The number of rotatable bonds is 3. The van der Waals surface area contributed by atoms with Crippen molar-refractivity contribution < 1.29 is 13.2 Å². The van der Waals surface area contributed by atoms with E-state index in [-0.39, 0.29) is 29.3 Å². The second-order valence-corrected chi connectivity index (χ2v) is 7.81. The molecule has 8 heteroatoms. The molecule has 2 aliphatic rings. The van der Waals surface area contributed by atoms with Crippen molar-refractivity contribution in [2.45, 2.75) is 36.2 Å². The number of benzene rings is 1. The number of halogens is 1. The molecular formula is C15H22ClN3O3S. The van der Waals surface area contributed by atoms with Crippen LogP contribution < -0.4 is 5.73 Å². The second-order valence-electron chi connectivity index (χ2n) is 5.92. The summed E-state index contributed by atoms with van der Waals surface area (Å²) in [6, 6.07) is 7.72. The van der Waals surface area contributed by atoms with Crippen LogP contribution >= 0.6 is 12.4 Å². The molecule has 0 saturated carbocycles. The van der Waals surface area contributed by atoms with Crippen molar-refractivity contribution in [1.29, 1.82) is 0 Å². The van der Waals surface area contributed by atoms with Gasteiger partial charge in [-0.3, -0.25) is 4.79 Å². The van der Waals surface area contributed by atoms with Gasteiger partial charge in [0.1, 0.15) is 6.04 Å². The Hall–Kier alpha value is -1.15. The van der Waals surface area contributed by atoms with E-state index in [1.165, 1.54) is 4.31 Å². The van der Waals surface area contributed by atoms with Crippen LogP contribution in [0.5, 0.6) is 0 Å². The van der Waals surface area contributed by atoms with Crippen molar-refractivity contribution in [3.8, 4) is 0 Å². The van der Waals surface area contributed by atoms with Crippen molar-refractivity contribution in [1.82, 2.24) is 9.21 Å². The molecule has 1 aromatic carbocycles. The minimum atomic E-state index is -3.62. The molecule has 128 valence electrons. The summed E-state index contributed by atoms with van der Waals surface area (Å²) >= 11 is 0. The molecule has 2 fully saturated rings. The zero-order valence-electron chi connectivity index (χ0n) is 12.8. The lowest BCUT2D eigenvalue weighted by Crippen LogP contribution is -2.47. The van der Waals surface area contributed by atoms with E-state index in [2.05, 4.69) is 0 Å². The van der Waals surface area contributed by atoms with Crippen LogP contribution in [-0.4, -0.2) is 55.2 Å². The number of carbonyl (C=O) groups excluding carboxylic acids is 1. The van der Waals surface area contributed by atoms with Gasteiger partial charge in [-0.05, 0) is 31.4 Å². The van der Waals surface area contributed by atoms with Crippen molar-refractivity contribution >= 4 is 28.3 Å². The molecule has 2 aliphatic heterocycles. The molecule has 0 aromatic heterocycles. The maximum atomic E-state index is 12.8. The minimum absolute atomic E-state index is 0. The zero-order valence-corrected chi connectivity index (χ0v) is 14.4. The maximum absolute atomic E-state index is 12.8. The molecule has 2 saturated heterocycles. The molecule has 3 rings (SSSR count). The average molecular weight is 360 g/mol. The number of amides is 1. The summed E-state index contributed by atoms with van der Waals surface area (Å²) in [6.07, 6.45) is 2.07. The molecule has 6 nitrogen and oxygen atoms in total. The van der Waals surface area contributed by atoms with Gasteiger partial charge in [0.15, 0.2) is 0 Å². The Bertz CT molecular complexity index is 653. The summed E-state index contributed by atoms with van der Waals surface area (Å²) < 4.78 is 26.9. The zero-order chi connectivity index (χ0) is 15.7. The third kappa shape index (κ3) is 3.52. The SMILES string of the molecule is Cl.N[C@@H]1CCN(C(=O)C2CCCN2S(=O)(=O)c2ccccc2)C1. The van der Waals surface area contributed by atoms with Crippen LogP contribution in [0.4, 0.5) is 0 Å². The molecule has 2 atom stereocenters. The number of hydrogen-bond donors (Lipinski definition) is 1. The van der Waals surface area contributed by atoms with E-state index in [0.717, 1.165) is 6.42 Å². The highest BCUT2D eigenvalue weighted by atomic mass is 35.5. The maximum Gasteiger partial charge on any atom is 0.243 e. The highest BCUT2D eigenvalue weighted by Gasteiger charge is 2.42. The van der Waals surface area contributed by atoms with E-state index in [1.54, 1.807) is 35.2 Å². The van der Waals surface area contributed by atoms with Crippen molar-refractivity contribution in [2.75, 3.05) is 19.6 Å². The van der Waals surface area contributed by atoms with Crippen LogP contribution in [0.15, 0.2) is 35.2 Å². The predicted molar refractivity (Wildman–Crippen MR) is 89.8 cm³/mol. The lowest BCUT2D eigenvalue weighted by molar-refractivity contribution is -0.133. The van der Waals surface area contributed by atoms with Gasteiger partial charge in [0, 0.05) is 25.7 Å². The molecular weight excluding hydrogens is 338 g/mol. The van der Waals surface area contributed by atoms with Crippen LogP contribution in [0.3, 0.4) is 0 Å². The van der Waals surface area contributed by atoms with Crippen LogP contribution in [0, 0.1) is 0 Å². The molecule has 2 heterocycles. The van der Waals surface area contributed by atoms with Crippen molar-refractivity contribution in [2.24, 2.45) is 5.73 Å². The summed E-state index contributed by atoms with van der Waals surface area (Å²) in [5.74, 6) is -0.107. The largest absolute Gasteiger partial charge is 0.340 e. The molecule has 1 amide bonds. The lowest BCUT2D eigenvalue weighted by Gasteiger charge is -2.27. The van der Waals surface area contributed by atoms with E-state index in [1.807, 2.05) is 0 Å². The van der Waals surface area contributed by atoms with Gasteiger partial charge in [-0.2, -0.15) is 4.31 Å². The highest BCUT2D eigenvalue weighted by molar-refractivity contribution is 7.89. The van der Waals surface area contributed by atoms with Crippen molar-refractivity contribution in [3.63, 3.8) is 0 Å². The molecule has 0 spiro atoms. The minimum Gasteiger partial charge on any atom is -0.340 e. The molecule has 23 heavy (non-hydrogen) atoms. The Labute approximate surface area is 143 Å². The first-order chi connectivity index (χ1) is 10.5. The van der Waals surface area contributed by atoms with E-state index >= 15 is 0 Å². The number of nitrogens with zero attached hydrogens (tertiary/aromatic N) is 2. The lowest BCUT2D eigenvalue weighted by atomic mass is 10.2. The van der Waals surface area contributed by atoms with Crippen molar-refractivity contribution in [3.05, 3.63) is 30.3 Å². The standard InChI is InChI=1S/C15H21N3O3S.ClH/c16-12-8-10-17(11-12)15(19)14-7-4-9-18(14)22(20,21)13-5-2-1-3-6-13;/h1-3,5-6,12,14H,4,7-11,16H2;1H/t12-,14?;/m1./s1. The number of hydrogen-bond acceptors (Lipinski definition) is 4. The summed E-state index contributed by atoms with van der Waals surface area (Å²) in [5, 5.41) is 0. The quantitative estimate of drug-likeness (QED) is 0.866. The van der Waals surface area contributed by atoms with Gasteiger partial charge in [-0.25, -0.2) is 8.42 Å². The summed E-state index contributed by atoms with van der Waals surface area (Å²) in [4.78, 5) is 14.6. The van der Waals surface area contributed by atoms with Gasteiger partial charge < -0.3 is 10.6 Å². The molecule has 0 radical (unpaired) electrons. The fourth-order valence-corrected chi connectivity index (χ4v) is 4.87. The fraction of sp³-hybridized carbons (Fsp3) is 0.533. The number of likely N-dealkylation sites (tertiary alicyclic amines) is 1. The number of nitrogens with two attached hydrogens (primary N) is 1. The molecule has 0 bridgehead atoms. The smallest absolute Gasteiger partial charge is 0.243 e.